The van der Waals surface area contributed by atoms with E-state index in [9.17, 15) is 14.4 Å². The Morgan fingerprint density at radius 2 is 1.51 bits per heavy atom. The number of allylic oxidation sites excluding steroid dienone is 11. The van der Waals surface area contributed by atoms with Crippen LogP contribution in [0.5, 0.6) is 0 Å². The predicted molar refractivity (Wildman–Crippen MR) is 297 cm³/mol. The number of hydrogen-bond donors (Lipinski definition) is 3. The number of fused-ring (bicyclic) bond motifs is 5. The Labute approximate surface area is 431 Å². The molecule has 388 valence electrons. The van der Waals surface area contributed by atoms with Crippen molar-refractivity contribution in [3.63, 3.8) is 0 Å². The lowest BCUT2D eigenvalue weighted by atomic mass is 9.84. The van der Waals surface area contributed by atoms with Gasteiger partial charge in [0.05, 0.1) is 53.3 Å². The second-order valence-corrected chi connectivity index (χ2v) is 20.6. The van der Waals surface area contributed by atoms with Crippen LogP contribution in [0, 0.1) is 29.6 Å². The Bertz CT molecular complexity index is 2490. The van der Waals surface area contributed by atoms with E-state index >= 15 is 0 Å². The topological polar surface area (TPSA) is 143 Å². The highest BCUT2D eigenvalue weighted by atomic mass is 16.5. The molecular weight excluding hydrogens is 897 g/mol. The molecule has 11 nitrogen and oxygen atoms in total. The summed E-state index contributed by atoms with van der Waals surface area (Å²) >= 11 is 0. The van der Waals surface area contributed by atoms with Gasteiger partial charge < -0.3 is 25.4 Å². The van der Waals surface area contributed by atoms with Crippen molar-refractivity contribution in [2.24, 2.45) is 44.6 Å². The Kier molecular flexibility index (Phi) is 21.8. The van der Waals surface area contributed by atoms with E-state index in [2.05, 4.69) is 84.2 Å². The van der Waals surface area contributed by atoms with Gasteiger partial charge in [0.25, 0.3) is 5.91 Å². The first-order valence-corrected chi connectivity index (χ1v) is 26.6. The highest BCUT2D eigenvalue weighted by Crippen LogP contribution is 2.43. The van der Waals surface area contributed by atoms with E-state index in [1.54, 1.807) is 12.2 Å². The van der Waals surface area contributed by atoms with Gasteiger partial charge in [-0.05, 0) is 105 Å². The molecule has 0 aromatic heterocycles. The van der Waals surface area contributed by atoms with Crippen LogP contribution in [-0.2, 0) is 23.9 Å². The van der Waals surface area contributed by atoms with Crippen LogP contribution in [0.3, 0.4) is 0 Å². The SMILES string of the molecule is C=CCN/C=C1/C2=NC(=C1CC)C=C1N=C(C(CC(=O)OC)=C3NC(=CC4=NC(=C2)C(C=C)=C4C)C(C)C3CCC(=O)OC/C=C(\C)CCCC(C)CCCC(C)CCCC(C)C)C(C(=O)NCC=C)=C1C. The number of nitrogens with one attached hydrogen (secondary N) is 3. The van der Waals surface area contributed by atoms with Crippen LogP contribution in [0.4, 0.5) is 0 Å². The molecule has 8 bridgehead atoms. The summed E-state index contributed by atoms with van der Waals surface area (Å²) in [4.78, 5) is 57.0. The highest BCUT2D eigenvalue weighted by Gasteiger charge is 2.40. The maximum atomic E-state index is 14.3. The molecule has 1 fully saturated rings. The van der Waals surface area contributed by atoms with Gasteiger partial charge in [-0.15, -0.1) is 13.2 Å². The molecule has 0 aromatic carbocycles. The lowest BCUT2D eigenvalue weighted by Gasteiger charge is -2.20. The number of esters is 2. The molecule has 5 aliphatic rings. The lowest BCUT2D eigenvalue weighted by molar-refractivity contribution is -0.143. The standard InChI is InChI=1S/C61H84N6O5/c1-14-30-62-37-49-46(17-4)54-35-52-44(12)58(61(70)63-31-15-2)60(67-52)48(33-57(69)71-13)59-47(43(11)51(66-59)34-50-42(10)45(16-3)53(64-50)36-55(49)65-54)27-28-56(68)72-32-29-41(9)26-20-25-40(8)24-19-23-39(7)22-18-21-38(5)6/h14-16,29,34-40,43,47,62,66H,1-3,17-28,30-33H2,4-13H3,(H,63,70)/b41-29+,49-37+,51-34?,52-35?,53-36?,59-48?. The van der Waals surface area contributed by atoms with Crippen molar-refractivity contribution in [3.8, 4) is 0 Å². The number of rotatable bonds is 27. The molecule has 11 heteroatoms. The van der Waals surface area contributed by atoms with Crippen LogP contribution in [0.2, 0.25) is 0 Å². The van der Waals surface area contributed by atoms with Gasteiger partial charge in [-0.2, -0.15) is 0 Å². The summed E-state index contributed by atoms with van der Waals surface area (Å²) in [6, 6.07) is 0. The molecule has 5 rings (SSSR count). The van der Waals surface area contributed by atoms with Crippen LogP contribution < -0.4 is 16.0 Å². The average Bonchev–Trinajstić information content (AvgIpc) is 4.04. The van der Waals surface area contributed by atoms with Gasteiger partial charge >= 0.3 is 11.9 Å². The van der Waals surface area contributed by atoms with Gasteiger partial charge in [0.2, 0.25) is 0 Å². The third-order valence-electron chi connectivity index (χ3n) is 14.6. The van der Waals surface area contributed by atoms with E-state index in [4.69, 9.17) is 24.5 Å². The Hall–Kier alpha value is -6.10. The number of methoxy groups -OCH3 is 1. The quantitative estimate of drug-likeness (QED) is 0.0422. The summed E-state index contributed by atoms with van der Waals surface area (Å²) in [6.45, 7) is 32.5. The molecule has 4 unspecified atom stereocenters. The molecule has 72 heavy (non-hydrogen) atoms. The number of aliphatic imine (C=N–C) groups is 3. The number of ether oxygens (including phenoxy) is 2. The molecule has 0 aromatic rings. The Balaban J connectivity index is 1.46. The smallest absolute Gasteiger partial charge is 0.310 e. The lowest BCUT2D eigenvalue weighted by Crippen LogP contribution is -2.30. The summed E-state index contributed by atoms with van der Waals surface area (Å²) in [5.74, 6) is 0.674. The zero-order chi connectivity index (χ0) is 52.5. The fraction of sp³-hybridized carbons (Fsp3) is 0.508. The predicted octanol–water partition coefficient (Wildman–Crippen LogP) is 12.8. The minimum absolute atomic E-state index is 0.137. The maximum Gasteiger partial charge on any atom is 0.310 e. The van der Waals surface area contributed by atoms with Crippen molar-refractivity contribution in [1.82, 2.24) is 16.0 Å². The van der Waals surface area contributed by atoms with E-state index in [0.717, 1.165) is 69.8 Å². The molecule has 0 spiro atoms. The molecule has 0 aliphatic carbocycles. The van der Waals surface area contributed by atoms with E-state index in [1.807, 2.05) is 50.4 Å². The molecule has 3 N–H and O–H groups in total. The van der Waals surface area contributed by atoms with Crippen molar-refractivity contribution in [3.05, 3.63) is 142 Å². The number of amides is 1. The summed E-state index contributed by atoms with van der Waals surface area (Å²) < 4.78 is 11.2. The van der Waals surface area contributed by atoms with Gasteiger partial charge in [0.1, 0.15) is 6.61 Å². The first kappa shape index (κ1) is 56.8. The molecule has 0 radical (unpaired) electrons. The van der Waals surface area contributed by atoms with Crippen molar-refractivity contribution in [2.45, 2.75) is 146 Å². The van der Waals surface area contributed by atoms with Gasteiger partial charge in [0.15, 0.2) is 0 Å². The summed E-state index contributed by atoms with van der Waals surface area (Å²) in [5.41, 5.74) is 11.8. The normalized spacial score (nSPS) is 20.2. The average molecular weight is 981 g/mol. The number of carbonyl (C=O) groups is 3. The fourth-order valence-corrected chi connectivity index (χ4v) is 10.2. The van der Waals surface area contributed by atoms with Crippen LogP contribution in [0.15, 0.2) is 157 Å². The van der Waals surface area contributed by atoms with Gasteiger partial charge in [-0.25, -0.2) is 15.0 Å². The van der Waals surface area contributed by atoms with Gasteiger partial charge in [-0.3, -0.25) is 14.4 Å². The molecule has 1 amide bonds. The van der Waals surface area contributed by atoms with Crippen LogP contribution >= 0.6 is 0 Å². The summed E-state index contributed by atoms with van der Waals surface area (Å²) in [7, 11) is 1.35. The number of nitrogens with zero attached hydrogens (tertiary/aromatic N) is 3. The highest BCUT2D eigenvalue weighted by molar-refractivity contribution is 6.31. The van der Waals surface area contributed by atoms with E-state index < -0.39 is 5.97 Å². The summed E-state index contributed by atoms with van der Waals surface area (Å²) in [6.07, 6.45) is 27.4. The third kappa shape index (κ3) is 15.0. The van der Waals surface area contributed by atoms with E-state index in [-0.39, 0.29) is 49.7 Å². The van der Waals surface area contributed by atoms with E-state index in [1.165, 1.54) is 57.6 Å². The second kappa shape index (κ2) is 27.6. The zero-order valence-electron chi connectivity index (χ0n) is 45.3. The molecule has 5 heterocycles. The molecule has 5 aliphatic heterocycles. The third-order valence-corrected chi connectivity index (χ3v) is 14.6. The van der Waals surface area contributed by atoms with Crippen LogP contribution in [-0.4, -0.2) is 61.8 Å². The first-order chi connectivity index (χ1) is 34.5. The van der Waals surface area contributed by atoms with Crippen molar-refractivity contribution in [2.75, 3.05) is 26.8 Å². The zero-order valence-corrected chi connectivity index (χ0v) is 45.3. The van der Waals surface area contributed by atoms with Crippen molar-refractivity contribution < 1.29 is 23.9 Å². The molecule has 0 saturated carbocycles. The molecular formula is C61H84N6O5. The van der Waals surface area contributed by atoms with E-state index in [0.29, 0.717) is 64.8 Å². The van der Waals surface area contributed by atoms with Gasteiger partial charge in [0, 0.05) is 65.7 Å². The molecule has 1 saturated heterocycles. The second-order valence-electron chi connectivity index (χ2n) is 20.6. The fourth-order valence-electron chi connectivity index (χ4n) is 10.2. The Morgan fingerprint density at radius 3 is 2.17 bits per heavy atom. The Morgan fingerprint density at radius 1 is 0.819 bits per heavy atom. The monoisotopic (exact) mass is 981 g/mol. The minimum Gasteiger partial charge on any atom is -0.469 e. The number of hydrogen-bond acceptors (Lipinski definition) is 10. The van der Waals surface area contributed by atoms with Crippen molar-refractivity contribution in [1.29, 1.82) is 0 Å². The first-order valence-electron chi connectivity index (χ1n) is 26.6. The number of carbonyl (C=O) groups excluding carboxylic acids is 3. The van der Waals surface area contributed by atoms with Crippen LogP contribution in [0.1, 0.15) is 146 Å². The minimum atomic E-state index is -0.498. The molecule has 4 atom stereocenters. The maximum absolute atomic E-state index is 14.3. The van der Waals surface area contributed by atoms with Crippen LogP contribution in [0.25, 0.3) is 0 Å². The largest absolute Gasteiger partial charge is 0.469 e. The van der Waals surface area contributed by atoms with Gasteiger partial charge in [-0.1, -0.05) is 117 Å². The van der Waals surface area contributed by atoms with Crippen molar-refractivity contribution >= 4 is 35.0 Å². The summed E-state index contributed by atoms with van der Waals surface area (Å²) in [5, 5.41) is 10.0.